The average Bonchev–Trinajstić information content (AvgIpc) is 3.10. The average molecular weight is 351 g/mol. The zero-order valence-corrected chi connectivity index (χ0v) is 16.1. The molecule has 0 aromatic heterocycles. The molecule has 3 heteroatoms. The lowest BCUT2D eigenvalue weighted by atomic mass is 9.94. The van der Waals surface area contributed by atoms with Gasteiger partial charge in [-0.2, -0.15) is 5.06 Å². The highest BCUT2D eigenvalue weighted by molar-refractivity contribution is 5.65. The van der Waals surface area contributed by atoms with Crippen molar-refractivity contribution >= 4 is 0 Å². The highest BCUT2D eigenvalue weighted by Crippen LogP contribution is 2.27. The first kappa shape index (κ1) is 17.7. The molecule has 2 aliphatic rings. The van der Waals surface area contributed by atoms with Crippen LogP contribution in [0.25, 0.3) is 11.1 Å². The van der Waals surface area contributed by atoms with Gasteiger partial charge in [-0.05, 0) is 67.0 Å². The van der Waals surface area contributed by atoms with Gasteiger partial charge in [-0.1, -0.05) is 42.5 Å². The minimum atomic E-state index is 0.763. The molecule has 2 aromatic rings. The monoisotopic (exact) mass is 350 g/mol. The molecule has 0 saturated carbocycles. The van der Waals surface area contributed by atoms with Crippen LogP contribution in [-0.4, -0.2) is 42.7 Å². The predicted molar refractivity (Wildman–Crippen MR) is 107 cm³/mol. The van der Waals surface area contributed by atoms with Crippen LogP contribution in [0.3, 0.4) is 0 Å². The lowest BCUT2D eigenvalue weighted by Gasteiger charge is -2.26. The second-order valence-electron chi connectivity index (χ2n) is 7.75. The van der Waals surface area contributed by atoms with Gasteiger partial charge in [0.25, 0.3) is 0 Å². The summed E-state index contributed by atoms with van der Waals surface area (Å²) in [6.45, 7) is 6.68. The highest BCUT2D eigenvalue weighted by atomic mass is 16.7. The van der Waals surface area contributed by atoms with Crippen molar-refractivity contribution in [1.29, 1.82) is 0 Å². The summed E-state index contributed by atoms with van der Waals surface area (Å²) in [5.41, 5.74) is 6.94. The second-order valence-corrected chi connectivity index (χ2v) is 7.75. The highest BCUT2D eigenvalue weighted by Gasteiger charge is 2.19. The number of nitrogens with zero attached hydrogens (tertiary/aromatic N) is 2. The van der Waals surface area contributed by atoms with Crippen LogP contribution in [-0.2, 0) is 24.2 Å². The lowest BCUT2D eigenvalue weighted by Crippen LogP contribution is -2.29. The topological polar surface area (TPSA) is 15.7 Å². The minimum absolute atomic E-state index is 0.763. The first-order valence-electron chi connectivity index (χ1n) is 9.97. The Labute approximate surface area is 157 Å². The molecule has 2 aromatic carbocycles. The van der Waals surface area contributed by atoms with Crippen LogP contribution in [0.4, 0.5) is 0 Å². The van der Waals surface area contributed by atoms with E-state index in [1.165, 1.54) is 53.7 Å². The van der Waals surface area contributed by atoms with Crippen LogP contribution < -0.4 is 0 Å². The smallest absolute Gasteiger partial charge is 0.0575 e. The molecule has 2 heterocycles. The zero-order valence-electron chi connectivity index (χ0n) is 16.1. The van der Waals surface area contributed by atoms with Crippen molar-refractivity contribution in [1.82, 2.24) is 9.96 Å². The standard InChI is InChI=1S/C23H30N2O/c1-18-4-3-13-24(18)14-11-19-5-7-20(8-6-19)21-9-10-23-17-25(26-2)15-12-22(23)16-21/h5-10,16,18H,3-4,11-15,17H2,1-2H3. The van der Waals surface area contributed by atoms with Crippen LogP contribution in [0.1, 0.15) is 36.5 Å². The van der Waals surface area contributed by atoms with Crippen molar-refractivity contribution in [2.24, 2.45) is 0 Å². The molecule has 26 heavy (non-hydrogen) atoms. The maximum absolute atomic E-state index is 5.37. The molecule has 1 unspecified atom stereocenters. The first-order chi connectivity index (χ1) is 12.7. The van der Waals surface area contributed by atoms with Gasteiger partial charge in [-0.25, -0.2) is 0 Å². The molecule has 138 valence electrons. The molecule has 0 aliphatic carbocycles. The van der Waals surface area contributed by atoms with Gasteiger partial charge in [0.1, 0.15) is 0 Å². The largest absolute Gasteiger partial charge is 0.302 e. The zero-order chi connectivity index (χ0) is 17.9. The molecule has 1 saturated heterocycles. The van der Waals surface area contributed by atoms with Crippen molar-refractivity contribution < 1.29 is 4.84 Å². The molecule has 2 aliphatic heterocycles. The van der Waals surface area contributed by atoms with Crippen molar-refractivity contribution in [2.45, 2.75) is 45.2 Å². The number of hydrogen-bond acceptors (Lipinski definition) is 3. The van der Waals surface area contributed by atoms with Gasteiger partial charge in [0.2, 0.25) is 0 Å². The van der Waals surface area contributed by atoms with E-state index >= 15 is 0 Å². The third kappa shape index (κ3) is 3.85. The summed E-state index contributed by atoms with van der Waals surface area (Å²) in [5.74, 6) is 0. The SMILES string of the molecule is CON1CCc2cc(-c3ccc(CCN4CCCC4C)cc3)ccc2C1. The van der Waals surface area contributed by atoms with E-state index in [1.807, 2.05) is 5.06 Å². The van der Waals surface area contributed by atoms with Crippen LogP contribution >= 0.6 is 0 Å². The third-order valence-electron chi connectivity index (χ3n) is 6.11. The van der Waals surface area contributed by atoms with Gasteiger partial charge in [0.15, 0.2) is 0 Å². The quantitative estimate of drug-likeness (QED) is 0.800. The summed E-state index contributed by atoms with van der Waals surface area (Å²) in [7, 11) is 1.76. The lowest BCUT2D eigenvalue weighted by molar-refractivity contribution is -0.142. The third-order valence-corrected chi connectivity index (χ3v) is 6.11. The Morgan fingerprint density at radius 2 is 1.81 bits per heavy atom. The molecule has 4 rings (SSSR count). The normalized spacial score (nSPS) is 21.1. The number of rotatable bonds is 5. The van der Waals surface area contributed by atoms with E-state index in [1.54, 1.807) is 7.11 Å². The van der Waals surface area contributed by atoms with Gasteiger partial charge < -0.3 is 9.74 Å². The van der Waals surface area contributed by atoms with Crippen molar-refractivity contribution in [3.05, 3.63) is 59.2 Å². The molecular formula is C23H30N2O. The molecule has 0 N–H and O–H groups in total. The van der Waals surface area contributed by atoms with Crippen LogP contribution in [0, 0.1) is 0 Å². The Hall–Kier alpha value is -1.68. The van der Waals surface area contributed by atoms with E-state index in [0.717, 1.165) is 32.0 Å². The molecule has 0 radical (unpaired) electrons. The number of hydrogen-bond donors (Lipinski definition) is 0. The molecule has 3 nitrogen and oxygen atoms in total. The number of fused-ring (bicyclic) bond motifs is 1. The van der Waals surface area contributed by atoms with Crippen LogP contribution in [0.2, 0.25) is 0 Å². The van der Waals surface area contributed by atoms with E-state index in [0.29, 0.717) is 0 Å². The Bertz CT molecular complexity index is 740. The summed E-state index contributed by atoms with van der Waals surface area (Å²) in [5, 5.41) is 2.03. The summed E-state index contributed by atoms with van der Waals surface area (Å²) >= 11 is 0. The maximum atomic E-state index is 5.37. The van der Waals surface area contributed by atoms with Gasteiger partial charge in [-0.3, -0.25) is 0 Å². The minimum Gasteiger partial charge on any atom is -0.302 e. The predicted octanol–water partition coefficient (Wildman–Crippen LogP) is 4.30. The first-order valence-corrected chi connectivity index (χ1v) is 9.97. The summed E-state index contributed by atoms with van der Waals surface area (Å²) < 4.78 is 0. The Kier molecular flexibility index (Phi) is 5.39. The fourth-order valence-corrected chi connectivity index (χ4v) is 4.32. The van der Waals surface area contributed by atoms with E-state index in [2.05, 4.69) is 54.3 Å². The molecule has 0 bridgehead atoms. The van der Waals surface area contributed by atoms with Crippen molar-refractivity contribution in [3.63, 3.8) is 0 Å². The molecular weight excluding hydrogens is 320 g/mol. The van der Waals surface area contributed by atoms with E-state index in [9.17, 15) is 0 Å². The summed E-state index contributed by atoms with van der Waals surface area (Å²) in [6.07, 6.45) is 4.94. The fraction of sp³-hybridized carbons (Fsp3) is 0.478. The number of hydroxylamine groups is 2. The van der Waals surface area contributed by atoms with E-state index in [-0.39, 0.29) is 0 Å². The molecule has 0 spiro atoms. The molecule has 0 amide bonds. The Morgan fingerprint density at radius 1 is 1.00 bits per heavy atom. The Morgan fingerprint density at radius 3 is 2.54 bits per heavy atom. The van der Waals surface area contributed by atoms with E-state index < -0.39 is 0 Å². The number of likely N-dealkylation sites (tertiary alicyclic amines) is 1. The van der Waals surface area contributed by atoms with Crippen molar-refractivity contribution in [2.75, 3.05) is 26.7 Å². The molecule has 1 atom stereocenters. The summed E-state index contributed by atoms with van der Waals surface area (Å²) in [4.78, 5) is 8.00. The van der Waals surface area contributed by atoms with Crippen molar-refractivity contribution in [3.8, 4) is 11.1 Å². The number of benzene rings is 2. The van der Waals surface area contributed by atoms with Crippen LogP contribution in [0.5, 0.6) is 0 Å². The maximum Gasteiger partial charge on any atom is 0.0575 e. The van der Waals surface area contributed by atoms with Gasteiger partial charge in [-0.15, -0.1) is 0 Å². The molecule has 1 fully saturated rings. The fourth-order valence-electron chi connectivity index (χ4n) is 4.32. The Balaban J connectivity index is 1.42. The second kappa shape index (κ2) is 7.91. The van der Waals surface area contributed by atoms with E-state index in [4.69, 9.17) is 4.84 Å². The van der Waals surface area contributed by atoms with Gasteiger partial charge in [0.05, 0.1) is 7.11 Å². The van der Waals surface area contributed by atoms with Gasteiger partial charge >= 0.3 is 0 Å². The van der Waals surface area contributed by atoms with Crippen LogP contribution in [0.15, 0.2) is 42.5 Å². The van der Waals surface area contributed by atoms with Gasteiger partial charge in [0, 0.05) is 25.7 Å². The summed E-state index contributed by atoms with van der Waals surface area (Å²) in [6, 6.07) is 16.8.